The largest absolute Gasteiger partial charge is 0.310 e. The van der Waals surface area contributed by atoms with Gasteiger partial charge in [0.05, 0.1) is 17.1 Å². The lowest BCUT2D eigenvalue weighted by Gasteiger charge is -2.31. The lowest BCUT2D eigenvalue weighted by Crippen LogP contribution is -2.14. The predicted molar refractivity (Wildman–Crippen MR) is 494 cm³/mol. The highest BCUT2D eigenvalue weighted by Gasteiger charge is 2.28. The minimum atomic E-state index is -0.0368. The molecule has 566 valence electrons. The van der Waals surface area contributed by atoms with E-state index in [1.165, 1.54) is 116 Å². The van der Waals surface area contributed by atoms with Gasteiger partial charge in [-0.1, -0.05) is 288 Å². The van der Waals surface area contributed by atoms with Crippen molar-refractivity contribution in [3.63, 3.8) is 0 Å². The van der Waals surface area contributed by atoms with Gasteiger partial charge in [0.25, 0.3) is 0 Å². The Balaban J connectivity index is 0.000000180. The molecule has 16 rings (SSSR count). The Morgan fingerprint density at radius 3 is 0.912 bits per heavy atom. The second kappa shape index (κ2) is 33.1. The third-order valence-electron chi connectivity index (χ3n) is 23.0. The first-order valence-corrected chi connectivity index (χ1v) is 40.8. The van der Waals surface area contributed by atoms with Gasteiger partial charge in [0.2, 0.25) is 0 Å². The van der Waals surface area contributed by atoms with Crippen molar-refractivity contribution in [2.24, 2.45) is 0 Å². The number of hydrogen-bond donors (Lipinski definition) is 0. The molecule has 0 amide bonds. The average Bonchev–Trinajstić information content (AvgIpc) is 0.721. The minimum Gasteiger partial charge on any atom is -0.310 e. The van der Waals surface area contributed by atoms with Crippen LogP contribution >= 0.6 is 0 Å². The number of fused-ring (bicyclic) bond motifs is 3. The van der Waals surface area contributed by atoms with Crippen LogP contribution in [0.25, 0.3) is 65.7 Å². The molecule has 0 aliphatic carbocycles. The van der Waals surface area contributed by atoms with Gasteiger partial charge in [-0.2, -0.15) is 0 Å². The van der Waals surface area contributed by atoms with Crippen LogP contribution in [0, 0.1) is 27.7 Å². The third-order valence-corrected chi connectivity index (χ3v) is 23.0. The Hall–Kier alpha value is -12.5. The summed E-state index contributed by atoms with van der Waals surface area (Å²) in [6, 6.07) is 130. The summed E-state index contributed by atoms with van der Waals surface area (Å²) in [4.78, 5) is 9.71. The van der Waals surface area contributed by atoms with Crippen LogP contribution in [-0.2, 0) is 10.8 Å². The van der Waals surface area contributed by atoms with Crippen LogP contribution < -0.4 is 19.6 Å². The van der Waals surface area contributed by atoms with Gasteiger partial charge in [0, 0.05) is 72.7 Å². The Bertz CT molecular complexity index is 5760. The van der Waals surface area contributed by atoms with E-state index in [4.69, 9.17) is 0 Å². The fourth-order valence-electron chi connectivity index (χ4n) is 16.1. The van der Waals surface area contributed by atoms with Crippen molar-refractivity contribution in [2.45, 2.75) is 132 Å². The molecule has 0 heterocycles. The lowest BCUT2D eigenvalue weighted by atomic mass is 9.81. The van der Waals surface area contributed by atoms with Crippen molar-refractivity contribution in [3.05, 3.63) is 396 Å². The number of benzene rings is 16. The topological polar surface area (TPSA) is 13.0 Å². The smallest absolute Gasteiger partial charge is 0.0618 e. The fraction of sp³-hybridized carbons (Fsp3) is 0.182. The van der Waals surface area contributed by atoms with E-state index >= 15 is 0 Å². The van der Waals surface area contributed by atoms with Crippen molar-refractivity contribution < 1.29 is 0 Å². The van der Waals surface area contributed by atoms with Crippen molar-refractivity contribution in [1.82, 2.24) is 0 Å². The molecule has 4 nitrogen and oxygen atoms in total. The fourth-order valence-corrected chi connectivity index (χ4v) is 16.1. The number of nitrogens with zero attached hydrogens (tertiary/aromatic N) is 4. The van der Waals surface area contributed by atoms with Gasteiger partial charge in [-0.3, -0.25) is 0 Å². The van der Waals surface area contributed by atoms with Crippen LogP contribution in [0.2, 0.25) is 0 Å². The van der Waals surface area contributed by atoms with Crippen molar-refractivity contribution in [2.75, 3.05) is 19.6 Å². The van der Waals surface area contributed by atoms with E-state index in [9.17, 15) is 0 Å². The van der Waals surface area contributed by atoms with Gasteiger partial charge in [-0.15, -0.1) is 0 Å². The molecule has 0 bridgehead atoms. The Morgan fingerprint density at radius 1 is 0.237 bits per heavy atom. The van der Waals surface area contributed by atoms with E-state index in [2.05, 4.69) is 468 Å². The van der Waals surface area contributed by atoms with Crippen LogP contribution in [0.1, 0.15) is 138 Å². The van der Waals surface area contributed by atoms with Gasteiger partial charge >= 0.3 is 0 Å². The monoisotopic (exact) mass is 1480 g/mol. The average molecular weight is 1480 g/mol. The first kappa shape index (κ1) is 76.8. The van der Waals surface area contributed by atoms with E-state index in [1.807, 2.05) is 0 Å². The maximum Gasteiger partial charge on any atom is 0.0618 e. The van der Waals surface area contributed by atoms with Crippen molar-refractivity contribution in [3.8, 4) is 33.4 Å². The molecule has 16 aromatic carbocycles. The maximum absolute atomic E-state index is 2.50. The van der Waals surface area contributed by atoms with E-state index < -0.39 is 0 Å². The van der Waals surface area contributed by atoms with E-state index in [0.717, 1.165) is 75.4 Å². The predicted octanol–water partition coefficient (Wildman–Crippen LogP) is 32.6. The molecule has 16 aromatic rings. The van der Waals surface area contributed by atoms with Gasteiger partial charge in [0.1, 0.15) is 0 Å². The summed E-state index contributed by atoms with van der Waals surface area (Å²) in [7, 11) is 0. The van der Waals surface area contributed by atoms with Crippen LogP contribution in [0.15, 0.2) is 352 Å². The number of aryl methyl sites for hydroxylation is 4. The SMILES string of the molecule is CCC(C)c1ccc(N(c2ccc(-c3ccccc3)cc2)c2ccc(N(c3ccc(-c4ccccc4)cc3)c3ccc(C(C)CC)cc3)c3ccccc23)cc1.Cc1cccc(N(c2ccc(-c3c4cc(C(C)(C)C)ccc4c(N(c4cccc(C)c4)c4cccc(C)c4)c4cc(C(C)(C)C)ccc34)cc2)c2cccc(C)c2)c1. The normalized spacial score (nSPS) is 12.1. The Kier molecular flexibility index (Phi) is 22.3. The molecule has 2 atom stereocenters. The van der Waals surface area contributed by atoms with Gasteiger partial charge in [-0.05, 0) is 285 Å². The van der Waals surface area contributed by atoms with Crippen LogP contribution in [0.3, 0.4) is 0 Å². The van der Waals surface area contributed by atoms with Crippen LogP contribution in [-0.4, -0.2) is 0 Å². The highest BCUT2D eigenvalue weighted by molar-refractivity contribution is 6.23. The molecule has 0 aromatic heterocycles. The van der Waals surface area contributed by atoms with E-state index in [-0.39, 0.29) is 10.8 Å². The summed E-state index contributed by atoms with van der Waals surface area (Å²) in [6.45, 7) is 31.7. The molecule has 0 aliphatic heterocycles. The summed E-state index contributed by atoms with van der Waals surface area (Å²) in [5.74, 6) is 1.02. The lowest BCUT2D eigenvalue weighted by molar-refractivity contribution is 0.590. The molecular formula is C110H106N4. The third kappa shape index (κ3) is 16.3. The maximum atomic E-state index is 2.50. The number of hydrogen-bond acceptors (Lipinski definition) is 4. The van der Waals surface area contributed by atoms with Gasteiger partial charge < -0.3 is 19.6 Å². The zero-order valence-electron chi connectivity index (χ0n) is 68.8. The molecule has 2 unspecified atom stereocenters. The highest BCUT2D eigenvalue weighted by Crippen LogP contribution is 2.52. The number of rotatable bonds is 19. The second-order valence-corrected chi connectivity index (χ2v) is 33.3. The highest BCUT2D eigenvalue weighted by atomic mass is 15.2. The molecule has 4 heteroatoms. The molecule has 0 saturated carbocycles. The summed E-state index contributed by atoms with van der Waals surface area (Å²) in [6.07, 6.45) is 2.23. The zero-order valence-corrected chi connectivity index (χ0v) is 68.8. The first-order chi connectivity index (χ1) is 55.2. The van der Waals surface area contributed by atoms with Gasteiger partial charge in [-0.25, -0.2) is 0 Å². The van der Waals surface area contributed by atoms with Crippen LogP contribution in [0.5, 0.6) is 0 Å². The summed E-state index contributed by atoms with van der Waals surface area (Å²) >= 11 is 0. The quantitative estimate of drug-likeness (QED) is 0.0748. The van der Waals surface area contributed by atoms with Gasteiger partial charge in [0.15, 0.2) is 0 Å². The first-order valence-electron chi connectivity index (χ1n) is 40.8. The Morgan fingerprint density at radius 2 is 0.553 bits per heavy atom. The minimum absolute atomic E-state index is 0.0323. The molecule has 114 heavy (non-hydrogen) atoms. The molecule has 0 saturated heterocycles. The summed E-state index contributed by atoms with van der Waals surface area (Å²) in [5.41, 5.74) is 31.2. The Labute approximate surface area is 678 Å². The number of anilines is 12. The molecule has 0 fully saturated rings. The van der Waals surface area contributed by atoms with Crippen molar-refractivity contribution in [1.29, 1.82) is 0 Å². The standard InChI is InChI=1S/C56H56N2.C54H50N2/c1-37-15-11-19-45(31-37)57(46-20-12-16-38(2)32-46)44-27-23-41(24-28-44)53-49-29-25-43(56(8,9)10)36-52(49)54(50-30-26-42(35-51(50)53)55(5,6)7)58(47-21-13-17-39(3)33-47)48-22-14-18-40(4)34-48;1-5-39(3)41-21-29-47(30-22-41)55(49-33-25-45(26-34-49)43-15-9-7-10-16-43)53-37-38-54(52-20-14-13-19-51(52)53)56(48-31-23-42(24-32-48)40(4)6-2)50-35-27-46(28-36-50)44-17-11-8-12-18-44/h11-36H,1-10H3;7-40H,5-6H2,1-4H3. The molecule has 0 N–H and O–H groups in total. The van der Waals surface area contributed by atoms with Crippen molar-refractivity contribution >= 4 is 101 Å². The summed E-state index contributed by atoms with van der Waals surface area (Å²) < 4.78 is 0. The molecule has 0 spiro atoms. The van der Waals surface area contributed by atoms with E-state index in [0.29, 0.717) is 11.8 Å². The molecule has 0 aliphatic rings. The molecule has 0 radical (unpaired) electrons. The zero-order chi connectivity index (χ0) is 79.4. The van der Waals surface area contributed by atoms with E-state index in [1.54, 1.807) is 0 Å². The van der Waals surface area contributed by atoms with Crippen LogP contribution in [0.4, 0.5) is 68.2 Å². The summed E-state index contributed by atoms with van der Waals surface area (Å²) in [5, 5.41) is 7.34. The second-order valence-electron chi connectivity index (χ2n) is 33.3. The molecular weight excluding hydrogens is 1380 g/mol.